The van der Waals surface area contributed by atoms with E-state index in [1.54, 1.807) is 0 Å². The van der Waals surface area contributed by atoms with Crippen molar-refractivity contribution in [1.82, 2.24) is 4.90 Å². The van der Waals surface area contributed by atoms with Gasteiger partial charge in [-0.15, -0.1) is 0 Å². The number of ether oxygens (including phenoxy) is 1. The summed E-state index contributed by atoms with van der Waals surface area (Å²) in [7, 11) is 4.15. The fourth-order valence-electron chi connectivity index (χ4n) is 2.01. The number of rotatable bonds is 7. The summed E-state index contributed by atoms with van der Waals surface area (Å²) in [6, 6.07) is 13.5. The van der Waals surface area contributed by atoms with E-state index < -0.39 is 0 Å². The monoisotopic (exact) mass is 382 g/mol. The van der Waals surface area contributed by atoms with Crippen LogP contribution in [-0.4, -0.2) is 32.1 Å². The molecule has 0 bridgehead atoms. The molecule has 5 heteroatoms. The SMILES string of the molecule is CN(C)CCCNc1ccccc1Oc1c(Cl)cccc1Br. The molecule has 2 rings (SSSR count). The minimum atomic E-state index is 0.580. The molecule has 0 aromatic heterocycles. The van der Waals surface area contributed by atoms with Crippen LogP contribution in [0.15, 0.2) is 46.9 Å². The largest absolute Gasteiger partial charge is 0.452 e. The molecule has 0 aliphatic carbocycles. The quantitative estimate of drug-likeness (QED) is 0.660. The van der Waals surface area contributed by atoms with Crippen LogP contribution in [-0.2, 0) is 0 Å². The third kappa shape index (κ3) is 4.90. The standard InChI is InChI=1S/C17H20BrClN2O/c1-21(2)12-6-11-20-15-9-3-4-10-16(15)22-17-13(18)7-5-8-14(17)19/h3-5,7-10,20H,6,11-12H2,1-2H3. The maximum atomic E-state index is 6.21. The fraction of sp³-hybridized carbons (Fsp3) is 0.294. The third-order valence-corrected chi connectivity index (χ3v) is 4.04. The number of hydrogen-bond donors (Lipinski definition) is 1. The highest BCUT2D eigenvalue weighted by molar-refractivity contribution is 9.10. The lowest BCUT2D eigenvalue weighted by atomic mass is 10.2. The number of halogens is 2. The van der Waals surface area contributed by atoms with E-state index >= 15 is 0 Å². The van der Waals surface area contributed by atoms with E-state index in [1.807, 2.05) is 42.5 Å². The van der Waals surface area contributed by atoms with E-state index in [0.29, 0.717) is 10.8 Å². The van der Waals surface area contributed by atoms with Gasteiger partial charge in [-0.05, 0) is 67.3 Å². The van der Waals surface area contributed by atoms with Crippen LogP contribution in [0.2, 0.25) is 5.02 Å². The molecule has 2 aromatic carbocycles. The molecular formula is C17H20BrClN2O. The average molecular weight is 384 g/mol. The fourth-order valence-corrected chi connectivity index (χ4v) is 2.78. The maximum Gasteiger partial charge on any atom is 0.160 e. The van der Waals surface area contributed by atoms with Gasteiger partial charge in [0.2, 0.25) is 0 Å². The first-order valence-electron chi connectivity index (χ1n) is 7.17. The van der Waals surface area contributed by atoms with Crippen molar-refractivity contribution in [2.24, 2.45) is 0 Å². The van der Waals surface area contributed by atoms with Crippen LogP contribution in [0.5, 0.6) is 11.5 Å². The first-order valence-corrected chi connectivity index (χ1v) is 8.34. The first-order chi connectivity index (χ1) is 10.6. The molecule has 0 fully saturated rings. The molecule has 1 N–H and O–H groups in total. The molecule has 0 atom stereocenters. The summed E-state index contributed by atoms with van der Waals surface area (Å²) in [5.41, 5.74) is 0.966. The Morgan fingerprint density at radius 3 is 2.64 bits per heavy atom. The van der Waals surface area contributed by atoms with E-state index in [-0.39, 0.29) is 0 Å². The van der Waals surface area contributed by atoms with Gasteiger partial charge in [0.15, 0.2) is 11.5 Å². The lowest BCUT2D eigenvalue weighted by molar-refractivity contribution is 0.405. The maximum absolute atomic E-state index is 6.21. The van der Waals surface area contributed by atoms with Gasteiger partial charge in [-0.3, -0.25) is 0 Å². The predicted molar refractivity (Wildman–Crippen MR) is 97.3 cm³/mol. The molecule has 22 heavy (non-hydrogen) atoms. The molecule has 0 saturated carbocycles. The molecule has 2 aromatic rings. The second-order valence-electron chi connectivity index (χ2n) is 5.23. The minimum Gasteiger partial charge on any atom is -0.452 e. The average Bonchev–Trinajstić information content (AvgIpc) is 2.48. The van der Waals surface area contributed by atoms with Gasteiger partial charge >= 0.3 is 0 Å². The lowest BCUT2D eigenvalue weighted by Gasteiger charge is -2.15. The summed E-state index contributed by atoms with van der Waals surface area (Å²) in [5, 5.41) is 4.00. The van der Waals surface area contributed by atoms with Crippen molar-refractivity contribution in [3.8, 4) is 11.5 Å². The second-order valence-corrected chi connectivity index (χ2v) is 6.49. The van der Waals surface area contributed by atoms with Crippen molar-refractivity contribution in [3.05, 3.63) is 52.0 Å². The molecular weight excluding hydrogens is 364 g/mol. The van der Waals surface area contributed by atoms with Gasteiger partial charge in [0.05, 0.1) is 15.2 Å². The topological polar surface area (TPSA) is 24.5 Å². The van der Waals surface area contributed by atoms with Crippen LogP contribution < -0.4 is 10.1 Å². The summed E-state index contributed by atoms with van der Waals surface area (Å²) in [4.78, 5) is 2.17. The normalized spacial score (nSPS) is 10.8. The number of anilines is 1. The van der Waals surface area contributed by atoms with E-state index in [2.05, 4.69) is 40.2 Å². The van der Waals surface area contributed by atoms with E-state index in [9.17, 15) is 0 Å². The van der Waals surface area contributed by atoms with Crippen LogP contribution in [0.3, 0.4) is 0 Å². The van der Waals surface area contributed by atoms with Crippen LogP contribution in [0.4, 0.5) is 5.69 Å². The Morgan fingerprint density at radius 2 is 1.91 bits per heavy atom. The van der Waals surface area contributed by atoms with Gasteiger partial charge < -0.3 is 15.0 Å². The number of benzene rings is 2. The Morgan fingerprint density at radius 1 is 1.14 bits per heavy atom. The molecule has 0 spiro atoms. The van der Waals surface area contributed by atoms with Gasteiger partial charge in [0.1, 0.15) is 0 Å². The van der Waals surface area contributed by atoms with Crippen molar-refractivity contribution in [1.29, 1.82) is 0 Å². The van der Waals surface area contributed by atoms with Crippen molar-refractivity contribution in [3.63, 3.8) is 0 Å². The Bertz CT molecular complexity index is 599. The summed E-state index contributed by atoms with van der Waals surface area (Å²) in [5.74, 6) is 1.40. The summed E-state index contributed by atoms with van der Waals surface area (Å²) < 4.78 is 6.83. The van der Waals surface area contributed by atoms with E-state index in [1.165, 1.54) is 0 Å². The summed E-state index contributed by atoms with van der Waals surface area (Å²) >= 11 is 9.69. The molecule has 118 valence electrons. The molecule has 0 aliphatic rings. The van der Waals surface area contributed by atoms with Gasteiger partial charge in [-0.1, -0.05) is 29.8 Å². The molecule has 0 radical (unpaired) electrons. The molecule has 0 saturated heterocycles. The Labute approximate surface area is 145 Å². The highest BCUT2D eigenvalue weighted by Gasteiger charge is 2.10. The third-order valence-electron chi connectivity index (χ3n) is 3.12. The van der Waals surface area contributed by atoms with Crippen molar-refractivity contribution < 1.29 is 4.74 Å². The zero-order valence-corrected chi connectivity index (χ0v) is 15.1. The highest BCUT2D eigenvalue weighted by Crippen LogP contribution is 2.38. The van der Waals surface area contributed by atoms with Gasteiger partial charge in [-0.2, -0.15) is 0 Å². The summed E-state index contributed by atoms with van der Waals surface area (Å²) in [6.45, 7) is 1.94. The lowest BCUT2D eigenvalue weighted by Crippen LogP contribution is -2.16. The van der Waals surface area contributed by atoms with Gasteiger partial charge in [0.25, 0.3) is 0 Å². The number of nitrogens with zero attached hydrogens (tertiary/aromatic N) is 1. The molecule has 0 unspecified atom stereocenters. The zero-order valence-electron chi connectivity index (χ0n) is 12.8. The van der Waals surface area contributed by atoms with E-state index in [0.717, 1.165) is 35.4 Å². The van der Waals surface area contributed by atoms with Crippen LogP contribution in [0, 0.1) is 0 Å². The van der Waals surface area contributed by atoms with Crippen molar-refractivity contribution >= 4 is 33.2 Å². The van der Waals surface area contributed by atoms with Gasteiger partial charge in [0, 0.05) is 6.54 Å². The van der Waals surface area contributed by atoms with Gasteiger partial charge in [-0.25, -0.2) is 0 Å². The van der Waals surface area contributed by atoms with Crippen molar-refractivity contribution in [2.75, 3.05) is 32.5 Å². The number of nitrogens with one attached hydrogen (secondary N) is 1. The van der Waals surface area contributed by atoms with E-state index in [4.69, 9.17) is 16.3 Å². The summed E-state index contributed by atoms with van der Waals surface area (Å²) in [6.07, 6.45) is 1.07. The second kappa shape index (κ2) is 8.42. The van der Waals surface area contributed by atoms with Crippen molar-refractivity contribution in [2.45, 2.75) is 6.42 Å². The zero-order chi connectivity index (χ0) is 15.9. The van der Waals surface area contributed by atoms with Crippen LogP contribution in [0.1, 0.15) is 6.42 Å². The molecule has 3 nitrogen and oxygen atoms in total. The first kappa shape index (κ1) is 17.1. The predicted octanol–water partition coefficient (Wildman–Crippen LogP) is 5.26. The van der Waals surface area contributed by atoms with Crippen LogP contribution in [0.25, 0.3) is 0 Å². The highest BCUT2D eigenvalue weighted by atomic mass is 79.9. The molecule has 0 amide bonds. The Kier molecular flexibility index (Phi) is 6.55. The molecule has 0 heterocycles. The Hall–Kier alpha value is -1.23. The Balaban J connectivity index is 2.08. The number of hydrogen-bond acceptors (Lipinski definition) is 3. The minimum absolute atomic E-state index is 0.580. The molecule has 0 aliphatic heterocycles. The number of para-hydroxylation sites is 3. The van der Waals surface area contributed by atoms with Crippen LogP contribution >= 0.6 is 27.5 Å². The smallest absolute Gasteiger partial charge is 0.160 e.